The van der Waals surface area contributed by atoms with E-state index in [-0.39, 0.29) is 23.7 Å². The van der Waals surface area contributed by atoms with Gasteiger partial charge in [0.1, 0.15) is 12.1 Å². The Bertz CT molecular complexity index is 951. The number of alkyl halides is 3. The lowest BCUT2D eigenvalue weighted by Gasteiger charge is -2.32. The fourth-order valence-electron chi connectivity index (χ4n) is 3.11. The van der Waals surface area contributed by atoms with Crippen molar-refractivity contribution < 1.29 is 22.0 Å². The normalized spacial score (nSPS) is 15.6. The lowest BCUT2D eigenvalue weighted by molar-refractivity contribution is -0.150. The van der Waals surface area contributed by atoms with Gasteiger partial charge in [0.05, 0.1) is 0 Å². The molecule has 0 spiro atoms. The van der Waals surface area contributed by atoms with E-state index in [0.717, 1.165) is 11.0 Å². The smallest absolute Gasteiger partial charge is 0.340 e. The molecular formula is C15H10F5N5. The Morgan fingerprint density at radius 1 is 1.08 bits per heavy atom. The minimum absolute atomic E-state index is 0.0408. The second-order valence-corrected chi connectivity index (χ2v) is 5.64. The minimum atomic E-state index is -4.71. The number of benzene rings is 1. The average Bonchev–Trinajstić information content (AvgIpc) is 3.15. The molecule has 1 aliphatic heterocycles. The summed E-state index contributed by atoms with van der Waals surface area (Å²) in [6.45, 7) is 0.0408. The molecule has 0 saturated heterocycles. The van der Waals surface area contributed by atoms with Crippen LogP contribution in [0.25, 0.3) is 5.78 Å². The first kappa shape index (κ1) is 15.7. The van der Waals surface area contributed by atoms with E-state index in [1.807, 2.05) is 0 Å². The Labute approximate surface area is 137 Å². The maximum Gasteiger partial charge on any atom is 0.413 e. The zero-order chi connectivity index (χ0) is 17.8. The summed E-state index contributed by atoms with van der Waals surface area (Å²) in [5.41, 5.74) is 0.194. The van der Waals surface area contributed by atoms with E-state index in [4.69, 9.17) is 0 Å². The molecule has 0 saturated carbocycles. The zero-order valence-corrected chi connectivity index (χ0v) is 12.5. The lowest BCUT2D eigenvalue weighted by atomic mass is 10.0. The van der Waals surface area contributed by atoms with Gasteiger partial charge < -0.3 is 4.90 Å². The standard InChI is InChI=1S/C15H10F5N5/c16-10-2-1-8(5-11(10)17)12(15(18,19)20)24-4-3-9-6-21-14-22-7-23-25(14)13(9)24/h1-2,5-7,12H,3-4H2. The minimum Gasteiger partial charge on any atom is -0.340 e. The Morgan fingerprint density at radius 2 is 1.88 bits per heavy atom. The SMILES string of the molecule is Fc1ccc(C(N2CCc3cnc4ncnn4c32)C(F)(F)F)cc1F. The van der Waals surface area contributed by atoms with Crippen LogP contribution in [0.15, 0.2) is 30.7 Å². The monoisotopic (exact) mass is 355 g/mol. The molecule has 1 atom stereocenters. The quantitative estimate of drug-likeness (QED) is 0.663. The molecule has 0 amide bonds. The molecule has 1 unspecified atom stereocenters. The van der Waals surface area contributed by atoms with Crippen molar-refractivity contribution >= 4 is 11.6 Å². The van der Waals surface area contributed by atoms with Crippen LogP contribution < -0.4 is 4.90 Å². The number of fused-ring (bicyclic) bond motifs is 3. The van der Waals surface area contributed by atoms with Crippen LogP contribution in [-0.4, -0.2) is 32.3 Å². The maximum atomic E-state index is 13.8. The van der Waals surface area contributed by atoms with Crippen molar-refractivity contribution in [3.05, 3.63) is 53.5 Å². The summed E-state index contributed by atoms with van der Waals surface area (Å²) >= 11 is 0. The second-order valence-electron chi connectivity index (χ2n) is 5.64. The van der Waals surface area contributed by atoms with Crippen LogP contribution in [0.5, 0.6) is 0 Å². The largest absolute Gasteiger partial charge is 0.413 e. The van der Waals surface area contributed by atoms with E-state index >= 15 is 0 Å². The first-order valence-corrected chi connectivity index (χ1v) is 7.32. The third-order valence-electron chi connectivity index (χ3n) is 4.13. The molecule has 1 aromatic carbocycles. The topological polar surface area (TPSA) is 46.3 Å². The zero-order valence-electron chi connectivity index (χ0n) is 12.5. The summed E-state index contributed by atoms with van der Waals surface area (Å²) < 4.78 is 69.3. The number of rotatable bonds is 2. The van der Waals surface area contributed by atoms with Crippen LogP contribution in [0.2, 0.25) is 0 Å². The predicted molar refractivity (Wildman–Crippen MR) is 77.0 cm³/mol. The number of hydrogen-bond acceptors (Lipinski definition) is 4. The molecule has 0 aliphatic carbocycles. The van der Waals surface area contributed by atoms with Crippen molar-refractivity contribution in [3.63, 3.8) is 0 Å². The molecular weight excluding hydrogens is 345 g/mol. The number of nitrogens with zero attached hydrogens (tertiary/aromatic N) is 5. The van der Waals surface area contributed by atoms with Crippen LogP contribution in [0, 0.1) is 11.6 Å². The van der Waals surface area contributed by atoms with Crippen molar-refractivity contribution in [1.82, 2.24) is 19.6 Å². The van der Waals surface area contributed by atoms with Crippen molar-refractivity contribution in [2.45, 2.75) is 18.6 Å². The van der Waals surface area contributed by atoms with Gasteiger partial charge in [0, 0.05) is 18.3 Å². The van der Waals surface area contributed by atoms with E-state index in [0.29, 0.717) is 24.1 Å². The van der Waals surface area contributed by atoms with E-state index in [1.165, 1.54) is 17.0 Å². The van der Waals surface area contributed by atoms with E-state index in [2.05, 4.69) is 15.1 Å². The third-order valence-corrected chi connectivity index (χ3v) is 4.13. The van der Waals surface area contributed by atoms with Gasteiger partial charge in [-0.1, -0.05) is 6.07 Å². The molecule has 130 valence electrons. The predicted octanol–water partition coefficient (Wildman–Crippen LogP) is 3.07. The molecule has 0 bridgehead atoms. The van der Waals surface area contributed by atoms with Crippen LogP contribution in [0.1, 0.15) is 17.2 Å². The summed E-state index contributed by atoms with van der Waals surface area (Å²) in [6, 6.07) is 0.0657. The highest BCUT2D eigenvalue weighted by molar-refractivity contribution is 5.57. The second kappa shape index (κ2) is 5.36. The number of hydrogen-bond donors (Lipinski definition) is 0. The number of halogens is 5. The van der Waals surface area contributed by atoms with Crippen molar-refractivity contribution in [2.24, 2.45) is 0 Å². The summed E-state index contributed by atoms with van der Waals surface area (Å²) in [6.07, 6.45) is -1.73. The highest BCUT2D eigenvalue weighted by Crippen LogP contribution is 2.43. The molecule has 3 aromatic rings. The van der Waals surface area contributed by atoms with Gasteiger partial charge in [-0.3, -0.25) is 0 Å². The first-order chi connectivity index (χ1) is 11.9. The highest BCUT2D eigenvalue weighted by atomic mass is 19.4. The fourth-order valence-corrected chi connectivity index (χ4v) is 3.11. The van der Waals surface area contributed by atoms with Gasteiger partial charge in [0.25, 0.3) is 5.78 Å². The van der Waals surface area contributed by atoms with Gasteiger partial charge in [-0.15, -0.1) is 0 Å². The van der Waals surface area contributed by atoms with Crippen LogP contribution in [0.3, 0.4) is 0 Å². The molecule has 0 radical (unpaired) electrons. The van der Waals surface area contributed by atoms with Gasteiger partial charge >= 0.3 is 6.18 Å². The Balaban J connectivity index is 1.88. The van der Waals surface area contributed by atoms with Gasteiger partial charge in [-0.05, 0) is 24.1 Å². The Hall–Kier alpha value is -2.78. The fraction of sp³-hybridized carbons (Fsp3) is 0.267. The molecule has 5 nitrogen and oxygen atoms in total. The summed E-state index contributed by atoms with van der Waals surface area (Å²) in [4.78, 5) is 8.99. The molecule has 1 aliphatic rings. The lowest BCUT2D eigenvalue weighted by Crippen LogP contribution is -2.38. The molecule has 0 fully saturated rings. The van der Waals surface area contributed by atoms with Crippen molar-refractivity contribution in [2.75, 3.05) is 11.4 Å². The highest BCUT2D eigenvalue weighted by Gasteiger charge is 2.47. The number of anilines is 1. The molecule has 25 heavy (non-hydrogen) atoms. The summed E-state index contributed by atoms with van der Waals surface area (Å²) in [5, 5.41) is 3.93. The van der Waals surface area contributed by atoms with Crippen LogP contribution in [0.4, 0.5) is 27.8 Å². The van der Waals surface area contributed by atoms with E-state index in [9.17, 15) is 22.0 Å². The molecule has 10 heteroatoms. The Kier molecular flexibility index (Phi) is 3.37. The first-order valence-electron chi connectivity index (χ1n) is 7.32. The molecule has 0 N–H and O–H groups in total. The van der Waals surface area contributed by atoms with E-state index in [1.54, 1.807) is 0 Å². The van der Waals surface area contributed by atoms with E-state index < -0.39 is 23.9 Å². The van der Waals surface area contributed by atoms with Gasteiger partial charge in [-0.25, -0.2) is 13.8 Å². The van der Waals surface area contributed by atoms with Gasteiger partial charge in [-0.2, -0.15) is 27.8 Å². The number of aromatic nitrogens is 4. The van der Waals surface area contributed by atoms with Crippen LogP contribution >= 0.6 is 0 Å². The average molecular weight is 355 g/mol. The van der Waals surface area contributed by atoms with Crippen molar-refractivity contribution in [3.8, 4) is 0 Å². The van der Waals surface area contributed by atoms with Gasteiger partial charge in [0.15, 0.2) is 17.7 Å². The summed E-state index contributed by atoms with van der Waals surface area (Å²) in [7, 11) is 0. The molecule has 3 heterocycles. The summed E-state index contributed by atoms with van der Waals surface area (Å²) in [5.74, 6) is -2.16. The van der Waals surface area contributed by atoms with Crippen LogP contribution in [-0.2, 0) is 6.42 Å². The van der Waals surface area contributed by atoms with Crippen molar-refractivity contribution in [1.29, 1.82) is 0 Å². The molecule has 2 aromatic heterocycles. The molecule has 4 rings (SSSR count). The Morgan fingerprint density at radius 3 is 2.60 bits per heavy atom. The maximum absolute atomic E-state index is 13.8. The third kappa shape index (κ3) is 2.48. The van der Waals surface area contributed by atoms with Gasteiger partial charge in [0.2, 0.25) is 0 Å².